The molecule has 0 unspecified atom stereocenters. The molecule has 11 heteroatoms. The second kappa shape index (κ2) is 5.88. The molecule has 0 N–H and O–H groups in total. The molecule has 0 saturated carbocycles. The number of hydrogen-bond donors (Lipinski definition) is 0. The highest BCUT2D eigenvalue weighted by Crippen LogP contribution is 2.31. The minimum absolute atomic E-state index is 0.0312. The number of amides is 1. The summed E-state index contributed by atoms with van der Waals surface area (Å²) >= 11 is 0. The second-order valence-corrected chi connectivity index (χ2v) is 6.68. The number of aromatic nitrogens is 5. The zero-order valence-electron chi connectivity index (χ0n) is 15.2. The van der Waals surface area contributed by atoms with E-state index in [9.17, 15) is 22.8 Å². The number of rotatable bonds is 1. The predicted molar refractivity (Wildman–Crippen MR) is 90.5 cm³/mol. The van der Waals surface area contributed by atoms with Crippen molar-refractivity contribution in [2.75, 3.05) is 0 Å². The topological polar surface area (TPSA) is 85.4 Å². The zero-order chi connectivity index (χ0) is 20.4. The fourth-order valence-electron chi connectivity index (χ4n) is 3.28. The van der Waals surface area contributed by atoms with Gasteiger partial charge in [-0.25, -0.2) is 14.5 Å². The summed E-state index contributed by atoms with van der Waals surface area (Å²) in [5, 5.41) is 3.72. The van der Waals surface area contributed by atoms with Crippen molar-refractivity contribution in [3.63, 3.8) is 0 Å². The van der Waals surface area contributed by atoms with Crippen LogP contribution in [0.5, 0.6) is 0 Å². The van der Waals surface area contributed by atoms with E-state index in [2.05, 4.69) is 15.1 Å². The van der Waals surface area contributed by atoms with Gasteiger partial charge in [0.25, 0.3) is 11.5 Å². The van der Waals surface area contributed by atoms with Crippen molar-refractivity contribution in [2.24, 2.45) is 7.05 Å². The van der Waals surface area contributed by atoms with Gasteiger partial charge in [0.1, 0.15) is 17.1 Å². The lowest BCUT2D eigenvalue weighted by molar-refractivity contribution is -0.142. The smallest absolute Gasteiger partial charge is 0.328 e. The molecule has 4 heterocycles. The third kappa shape index (κ3) is 2.65. The third-order valence-corrected chi connectivity index (χ3v) is 4.79. The molecule has 8 nitrogen and oxygen atoms in total. The zero-order valence-corrected chi connectivity index (χ0v) is 15.2. The molecular weight excluding hydrogens is 377 g/mol. The van der Waals surface area contributed by atoms with Gasteiger partial charge < -0.3 is 4.90 Å². The van der Waals surface area contributed by atoms with Crippen LogP contribution in [-0.4, -0.2) is 35.0 Å². The molecule has 0 saturated heterocycles. The number of halogens is 3. The van der Waals surface area contributed by atoms with E-state index in [1.807, 2.05) is 0 Å². The molecule has 4 rings (SSSR count). The number of alkyl halides is 3. The molecule has 0 atom stereocenters. The minimum atomic E-state index is -4.64. The molecule has 0 bridgehead atoms. The summed E-state index contributed by atoms with van der Waals surface area (Å²) in [5.41, 5.74) is -0.481. The summed E-state index contributed by atoms with van der Waals surface area (Å²) in [5.74, 6) is -0.0416. The number of nitrogens with zero attached hydrogens (tertiary/aromatic N) is 6. The first-order chi connectivity index (χ1) is 13.1. The van der Waals surface area contributed by atoms with Gasteiger partial charge in [-0.1, -0.05) is 0 Å². The molecule has 3 aromatic rings. The lowest BCUT2D eigenvalue weighted by Gasteiger charge is -2.14. The number of carbonyl (C=O) groups is 1. The van der Waals surface area contributed by atoms with Gasteiger partial charge in [0.2, 0.25) is 0 Å². The average molecular weight is 392 g/mol. The quantitative estimate of drug-likeness (QED) is 0.628. The van der Waals surface area contributed by atoms with Crippen molar-refractivity contribution in [1.82, 2.24) is 29.0 Å². The largest absolute Gasteiger partial charge is 0.433 e. The van der Waals surface area contributed by atoms with E-state index in [0.29, 0.717) is 21.6 Å². The Kier molecular flexibility index (Phi) is 3.81. The molecule has 3 aromatic heterocycles. The van der Waals surface area contributed by atoms with E-state index in [1.54, 1.807) is 14.0 Å². The van der Waals surface area contributed by atoms with Crippen LogP contribution in [0.15, 0.2) is 17.1 Å². The molecule has 0 aromatic carbocycles. The van der Waals surface area contributed by atoms with Gasteiger partial charge in [0.05, 0.1) is 30.5 Å². The number of hydrogen-bond acceptors (Lipinski definition) is 5. The van der Waals surface area contributed by atoms with E-state index in [-0.39, 0.29) is 35.6 Å². The Morgan fingerprint density at radius 3 is 2.57 bits per heavy atom. The van der Waals surface area contributed by atoms with E-state index in [0.717, 1.165) is 12.3 Å². The Bertz CT molecular complexity index is 1190. The Hall–Kier alpha value is -3.24. The van der Waals surface area contributed by atoms with Gasteiger partial charge in [-0.3, -0.25) is 14.2 Å². The van der Waals surface area contributed by atoms with Crippen LogP contribution in [0.4, 0.5) is 13.2 Å². The first kappa shape index (κ1) is 18.1. The summed E-state index contributed by atoms with van der Waals surface area (Å²) in [7, 11) is 1.59. The van der Waals surface area contributed by atoms with Crippen LogP contribution in [-0.2, 0) is 26.3 Å². The molecule has 0 fully saturated rings. The first-order valence-electron chi connectivity index (χ1n) is 8.35. The van der Waals surface area contributed by atoms with Crippen LogP contribution in [0.3, 0.4) is 0 Å². The molecular formula is C17H15F3N6O2. The lowest BCUT2D eigenvalue weighted by Crippen LogP contribution is -2.27. The third-order valence-electron chi connectivity index (χ3n) is 4.79. The van der Waals surface area contributed by atoms with Gasteiger partial charge in [-0.2, -0.15) is 18.3 Å². The van der Waals surface area contributed by atoms with Gasteiger partial charge in [-0.05, 0) is 19.9 Å². The number of carbonyl (C=O) groups excluding carboxylic acids is 1. The van der Waals surface area contributed by atoms with Crippen molar-refractivity contribution in [3.8, 4) is 0 Å². The Balaban J connectivity index is 1.76. The molecule has 0 radical (unpaired) electrons. The maximum atomic E-state index is 13.3. The molecule has 28 heavy (non-hydrogen) atoms. The maximum absolute atomic E-state index is 13.3. The fourth-order valence-corrected chi connectivity index (χ4v) is 3.28. The maximum Gasteiger partial charge on any atom is 0.433 e. The molecule has 1 aliphatic heterocycles. The SMILES string of the molecule is Cc1cc(C(F)(F)F)n2ncc(C(=O)N3Cc4nc(C)n(C)c(=O)c4C3)c2n1. The van der Waals surface area contributed by atoms with Crippen LogP contribution < -0.4 is 5.56 Å². The standard InChI is InChI=1S/C17H15F3N6O2/c1-8-4-13(17(18,19)20)26-14(22-8)10(5-21-26)16(28)25-6-11-12(7-25)23-9(2)24(3)15(11)27/h4-5H,6-7H2,1-3H3. The van der Waals surface area contributed by atoms with Crippen LogP contribution in [0.25, 0.3) is 5.65 Å². The molecule has 0 aliphatic carbocycles. The van der Waals surface area contributed by atoms with Crippen molar-refractivity contribution >= 4 is 11.6 Å². The normalized spacial score (nSPS) is 14.0. The van der Waals surface area contributed by atoms with Gasteiger partial charge in [-0.15, -0.1) is 0 Å². The summed E-state index contributed by atoms with van der Waals surface area (Å²) < 4.78 is 41.8. The van der Waals surface area contributed by atoms with Gasteiger partial charge in [0, 0.05) is 12.7 Å². The summed E-state index contributed by atoms with van der Waals surface area (Å²) in [4.78, 5) is 35.1. The molecule has 1 aliphatic rings. The Morgan fingerprint density at radius 2 is 1.89 bits per heavy atom. The van der Waals surface area contributed by atoms with Crippen LogP contribution in [0.1, 0.15) is 38.8 Å². The van der Waals surface area contributed by atoms with Crippen LogP contribution in [0, 0.1) is 13.8 Å². The molecule has 146 valence electrons. The van der Waals surface area contributed by atoms with Crippen LogP contribution in [0.2, 0.25) is 0 Å². The predicted octanol–water partition coefficient (Wildman–Crippen LogP) is 1.61. The molecule has 1 amide bonds. The van der Waals surface area contributed by atoms with E-state index in [1.165, 1.54) is 16.4 Å². The van der Waals surface area contributed by atoms with Crippen molar-refractivity contribution < 1.29 is 18.0 Å². The highest BCUT2D eigenvalue weighted by molar-refractivity contribution is 5.99. The van der Waals surface area contributed by atoms with Gasteiger partial charge >= 0.3 is 6.18 Å². The fraction of sp³-hybridized carbons (Fsp3) is 0.353. The van der Waals surface area contributed by atoms with E-state index in [4.69, 9.17) is 0 Å². The lowest BCUT2D eigenvalue weighted by atomic mass is 10.2. The highest BCUT2D eigenvalue weighted by atomic mass is 19.4. The highest BCUT2D eigenvalue weighted by Gasteiger charge is 2.36. The van der Waals surface area contributed by atoms with Crippen molar-refractivity contribution in [2.45, 2.75) is 33.1 Å². The average Bonchev–Trinajstić information content (AvgIpc) is 3.22. The second-order valence-electron chi connectivity index (χ2n) is 6.68. The Labute approximate surface area is 156 Å². The summed E-state index contributed by atoms with van der Waals surface area (Å²) in [6.07, 6.45) is -3.57. The number of aryl methyl sites for hydroxylation is 2. The summed E-state index contributed by atoms with van der Waals surface area (Å²) in [6, 6.07) is 0.871. The van der Waals surface area contributed by atoms with Crippen LogP contribution >= 0.6 is 0 Å². The number of fused-ring (bicyclic) bond motifs is 2. The van der Waals surface area contributed by atoms with Gasteiger partial charge in [0.15, 0.2) is 5.65 Å². The Morgan fingerprint density at radius 1 is 1.18 bits per heavy atom. The van der Waals surface area contributed by atoms with E-state index >= 15 is 0 Å². The molecule has 0 spiro atoms. The van der Waals surface area contributed by atoms with Crippen molar-refractivity contribution in [3.05, 3.63) is 56.7 Å². The monoisotopic (exact) mass is 392 g/mol. The minimum Gasteiger partial charge on any atom is -0.328 e. The first-order valence-corrected chi connectivity index (χ1v) is 8.35. The van der Waals surface area contributed by atoms with E-state index < -0.39 is 17.8 Å². The summed E-state index contributed by atoms with van der Waals surface area (Å²) in [6.45, 7) is 3.23. The van der Waals surface area contributed by atoms with Crippen molar-refractivity contribution in [1.29, 1.82) is 0 Å².